The summed E-state index contributed by atoms with van der Waals surface area (Å²) in [6.07, 6.45) is 3.96. The molecule has 4 heteroatoms. The molecule has 1 aliphatic rings. The van der Waals surface area contributed by atoms with Gasteiger partial charge in [-0.2, -0.15) is 0 Å². The zero-order valence-corrected chi connectivity index (χ0v) is 9.86. The Kier molecular flexibility index (Phi) is 3.88. The van der Waals surface area contributed by atoms with E-state index < -0.39 is 5.54 Å². The lowest BCUT2D eigenvalue weighted by molar-refractivity contribution is -0.146. The number of amides is 1. The molecule has 4 nitrogen and oxygen atoms in total. The molecule has 2 N–H and O–H groups in total. The molecular formula is C11H21N3O. The third-order valence-electron chi connectivity index (χ3n) is 2.99. The van der Waals surface area contributed by atoms with Gasteiger partial charge in [0.15, 0.2) is 0 Å². The number of nitrogens with two attached hydrogens (primary N) is 1. The number of piperazine rings is 1. The molecule has 0 aliphatic carbocycles. The van der Waals surface area contributed by atoms with E-state index in [2.05, 4.69) is 4.90 Å². The Labute approximate surface area is 91.7 Å². The van der Waals surface area contributed by atoms with Gasteiger partial charge in [-0.05, 0) is 13.8 Å². The van der Waals surface area contributed by atoms with E-state index in [1.807, 2.05) is 33.0 Å². The molecule has 1 amide bonds. The first-order valence-corrected chi connectivity index (χ1v) is 5.36. The predicted octanol–water partition coefficient (Wildman–Crippen LogP) is 0.0539. The van der Waals surface area contributed by atoms with E-state index in [0.29, 0.717) is 6.54 Å². The van der Waals surface area contributed by atoms with Crippen molar-refractivity contribution in [2.75, 3.05) is 33.2 Å². The van der Waals surface area contributed by atoms with Gasteiger partial charge in [-0.1, -0.05) is 12.2 Å². The maximum Gasteiger partial charge on any atom is 0.242 e. The van der Waals surface area contributed by atoms with Crippen molar-refractivity contribution in [2.45, 2.75) is 19.4 Å². The summed E-state index contributed by atoms with van der Waals surface area (Å²) >= 11 is 0. The molecule has 0 aromatic heterocycles. The van der Waals surface area contributed by atoms with Crippen molar-refractivity contribution in [3.05, 3.63) is 12.2 Å². The molecular weight excluding hydrogens is 190 g/mol. The van der Waals surface area contributed by atoms with Gasteiger partial charge in [0.25, 0.3) is 0 Å². The van der Waals surface area contributed by atoms with Crippen LogP contribution in [0, 0.1) is 0 Å². The van der Waals surface area contributed by atoms with Gasteiger partial charge in [0.05, 0.1) is 5.54 Å². The first kappa shape index (κ1) is 12.2. The molecule has 1 heterocycles. The van der Waals surface area contributed by atoms with Crippen molar-refractivity contribution in [3.63, 3.8) is 0 Å². The minimum atomic E-state index is -0.397. The Morgan fingerprint density at radius 3 is 2.67 bits per heavy atom. The maximum atomic E-state index is 11.9. The van der Waals surface area contributed by atoms with Gasteiger partial charge >= 0.3 is 0 Å². The molecule has 86 valence electrons. The molecule has 0 aromatic rings. The van der Waals surface area contributed by atoms with Crippen LogP contribution in [0.2, 0.25) is 0 Å². The van der Waals surface area contributed by atoms with E-state index in [1.165, 1.54) is 0 Å². The van der Waals surface area contributed by atoms with Gasteiger partial charge in [-0.25, -0.2) is 0 Å². The van der Waals surface area contributed by atoms with Gasteiger partial charge in [-0.3, -0.25) is 9.69 Å². The van der Waals surface area contributed by atoms with Gasteiger partial charge in [0, 0.05) is 33.2 Å². The summed E-state index contributed by atoms with van der Waals surface area (Å²) in [5.74, 6) is 0.190. The summed E-state index contributed by atoms with van der Waals surface area (Å²) in [6, 6.07) is 0. The van der Waals surface area contributed by atoms with Crippen molar-refractivity contribution in [3.8, 4) is 0 Å². The largest absolute Gasteiger partial charge is 0.343 e. The minimum absolute atomic E-state index is 0.190. The average Bonchev–Trinajstić information content (AvgIpc) is 2.19. The van der Waals surface area contributed by atoms with Gasteiger partial charge in [-0.15, -0.1) is 0 Å². The summed E-state index contributed by atoms with van der Waals surface area (Å²) in [5.41, 5.74) is 4.98. The summed E-state index contributed by atoms with van der Waals surface area (Å²) in [7, 11) is 1.86. The summed E-state index contributed by atoms with van der Waals surface area (Å²) in [4.78, 5) is 15.9. The van der Waals surface area contributed by atoms with Gasteiger partial charge in [0.1, 0.15) is 0 Å². The number of nitrogens with zero attached hydrogens (tertiary/aromatic N) is 2. The molecule has 1 rings (SSSR count). The highest BCUT2D eigenvalue weighted by Crippen LogP contribution is 2.21. The van der Waals surface area contributed by atoms with Crippen LogP contribution in [0.4, 0.5) is 0 Å². The van der Waals surface area contributed by atoms with E-state index in [9.17, 15) is 4.79 Å². The van der Waals surface area contributed by atoms with E-state index in [-0.39, 0.29) is 5.91 Å². The topological polar surface area (TPSA) is 49.6 Å². The normalized spacial score (nSPS) is 22.7. The Morgan fingerprint density at radius 2 is 2.07 bits per heavy atom. The number of rotatable bonds is 3. The summed E-state index contributed by atoms with van der Waals surface area (Å²) < 4.78 is 0. The fourth-order valence-corrected chi connectivity index (χ4v) is 1.87. The third-order valence-corrected chi connectivity index (χ3v) is 2.99. The van der Waals surface area contributed by atoms with Crippen LogP contribution in [0.1, 0.15) is 13.8 Å². The summed E-state index contributed by atoms with van der Waals surface area (Å²) in [6.45, 7) is 7.03. The number of hydrogen-bond donors (Lipinski definition) is 1. The zero-order valence-electron chi connectivity index (χ0n) is 9.86. The van der Waals surface area contributed by atoms with Crippen LogP contribution in [0.3, 0.4) is 0 Å². The lowest BCUT2D eigenvalue weighted by Gasteiger charge is -2.44. The van der Waals surface area contributed by atoms with E-state index in [1.54, 1.807) is 4.90 Å². The molecule has 1 fully saturated rings. The van der Waals surface area contributed by atoms with Crippen LogP contribution in [0.25, 0.3) is 0 Å². The number of hydrogen-bond acceptors (Lipinski definition) is 3. The van der Waals surface area contributed by atoms with Crippen LogP contribution < -0.4 is 5.73 Å². The molecule has 1 aliphatic heterocycles. The number of carbonyl (C=O) groups excluding carboxylic acids is 1. The number of likely N-dealkylation sites (N-methyl/N-ethyl adjacent to an activating group) is 1. The van der Waals surface area contributed by atoms with Crippen molar-refractivity contribution in [2.24, 2.45) is 5.73 Å². The van der Waals surface area contributed by atoms with Crippen molar-refractivity contribution in [1.82, 2.24) is 9.80 Å². The average molecular weight is 211 g/mol. The molecule has 1 saturated heterocycles. The Bertz CT molecular complexity index is 261. The SMILES string of the molecule is CN1CCN(CC=CCN)C(C)(C)C1=O. The lowest BCUT2D eigenvalue weighted by atomic mass is 9.98. The standard InChI is InChI=1S/C11H21N3O/c1-11(2)10(15)13(3)8-9-14(11)7-5-4-6-12/h4-5H,6-9,12H2,1-3H3. The zero-order chi connectivity index (χ0) is 11.5. The highest BCUT2D eigenvalue weighted by Gasteiger charge is 2.39. The first-order chi connectivity index (χ1) is 7.00. The molecule has 0 saturated carbocycles. The third kappa shape index (κ3) is 2.58. The maximum absolute atomic E-state index is 11.9. The van der Waals surface area contributed by atoms with Crippen molar-refractivity contribution >= 4 is 5.91 Å². The minimum Gasteiger partial charge on any atom is -0.343 e. The molecule has 0 atom stereocenters. The summed E-state index contributed by atoms with van der Waals surface area (Å²) in [5, 5.41) is 0. The van der Waals surface area contributed by atoms with Crippen LogP contribution in [0.5, 0.6) is 0 Å². The molecule has 0 bridgehead atoms. The van der Waals surface area contributed by atoms with Crippen molar-refractivity contribution in [1.29, 1.82) is 0 Å². The van der Waals surface area contributed by atoms with E-state index in [0.717, 1.165) is 19.6 Å². The highest BCUT2D eigenvalue weighted by molar-refractivity contribution is 5.86. The predicted molar refractivity (Wildman–Crippen MR) is 61.5 cm³/mol. The number of carbonyl (C=O) groups is 1. The first-order valence-electron chi connectivity index (χ1n) is 5.36. The van der Waals surface area contributed by atoms with Crippen LogP contribution in [0.15, 0.2) is 12.2 Å². The molecule has 0 aromatic carbocycles. The molecule has 15 heavy (non-hydrogen) atoms. The Morgan fingerprint density at radius 1 is 1.40 bits per heavy atom. The molecule has 0 unspecified atom stereocenters. The smallest absolute Gasteiger partial charge is 0.242 e. The Hall–Kier alpha value is -0.870. The van der Waals surface area contributed by atoms with Crippen LogP contribution >= 0.6 is 0 Å². The van der Waals surface area contributed by atoms with Gasteiger partial charge in [0.2, 0.25) is 5.91 Å². The van der Waals surface area contributed by atoms with Gasteiger partial charge < -0.3 is 10.6 Å². The molecule has 0 radical (unpaired) electrons. The van der Waals surface area contributed by atoms with Crippen LogP contribution in [-0.4, -0.2) is 54.5 Å². The second kappa shape index (κ2) is 4.77. The fraction of sp³-hybridized carbons (Fsp3) is 0.727. The van der Waals surface area contributed by atoms with Crippen LogP contribution in [-0.2, 0) is 4.79 Å². The molecule has 0 spiro atoms. The highest BCUT2D eigenvalue weighted by atomic mass is 16.2. The Balaban J connectivity index is 2.65. The van der Waals surface area contributed by atoms with E-state index >= 15 is 0 Å². The van der Waals surface area contributed by atoms with Crippen molar-refractivity contribution < 1.29 is 4.79 Å². The fourth-order valence-electron chi connectivity index (χ4n) is 1.87. The second-order valence-electron chi connectivity index (χ2n) is 4.44. The lowest BCUT2D eigenvalue weighted by Crippen LogP contribution is -2.61. The quantitative estimate of drug-likeness (QED) is 0.671. The monoisotopic (exact) mass is 211 g/mol. The second-order valence-corrected chi connectivity index (χ2v) is 4.44. The van der Waals surface area contributed by atoms with E-state index in [4.69, 9.17) is 5.73 Å².